The molecule has 1 atom stereocenters. The molecule has 18 heavy (non-hydrogen) atoms. The average Bonchev–Trinajstić information content (AvgIpc) is 2.81. The van der Waals surface area contributed by atoms with Crippen molar-refractivity contribution in [1.29, 1.82) is 0 Å². The average molecular weight is 261 g/mol. The van der Waals surface area contributed by atoms with Gasteiger partial charge in [-0.2, -0.15) is 0 Å². The molecule has 0 saturated heterocycles. The zero-order valence-corrected chi connectivity index (χ0v) is 10.5. The van der Waals surface area contributed by atoms with Gasteiger partial charge in [-0.3, -0.25) is 4.98 Å². The predicted octanol–water partition coefficient (Wildman–Crippen LogP) is 2.66. The Morgan fingerprint density at radius 2 is 2.11 bits per heavy atom. The highest BCUT2D eigenvalue weighted by molar-refractivity contribution is 6.31. The van der Waals surface area contributed by atoms with Gasteiger partial charge in [0.2, 0.25) is 0 Å². The lowest BCUT2D eigenvalue weighted by Crippen LogP contribution is -2.24. The van der Waals surface area contributed by atoms with Crippen molar-refractivity contribution in [2.24, 2.45) is 5.73 Å². The molecular weight excluding hydrogens is 248 g/mol. The van der Waals surface area contributed by atoms with Gasteiger partial charge < -0.3 is 10.5 Å². The molecule has 1 aliphatic rings. The number of hydrogen-bond acceptors (Lipinski definition) is 3. The topological polar surface area (TPSA) is 48.1 Å². The summed E-state index contributed by atoms with van der Waals surface area (Å²) in [4.78, 5) is 4.02. The summed E-state index contributed by atoms with van der Waals surface area (Å²) in [6, 6.07) is 7.78. The molecule has 1 aliphatic heterocycles. The smallest absolute Gasteiger partial charge is 0.131 e. The Balaban J connectivity index is 2.12. The zero-order chi connectivity index (χ0) is 12.5. The van der Waals surface area contributed by atoms with Gasteiger partial charge in [0.25, 0.3) is 0 Å². The Morgan fingerprint density at radius 1 is 1.33 bits per heavy atom. The first-order valence-corrected chi connectivity index (χ1v) is 6.25. The van der Waals surface area contributed by atoms with Crippen LogP contribution in [0.25, 0.3) is 11.1 Å². The fourth-order valence-corrected chi connectivity index (χ4v) is 2.51. The number of aromatic nitrogens is 1. The van der Waals surface area contributed by atoms with E-state index in [9.17, 15) is 0 Å². The highest BCUT2D eigenvalue weighted by Gasteiger charge is 2.25. The Bertz CT molecular complexity index is 572. The van der Waals surface area contributed by atoms with E-state index in [1.54, 1.807) is 12.4 Å². The van der Waals surface area contributed by atoms with Gasteiger partial charge in [-0.05, 0) is 35.4 Å². The van der Waals surface area contributed by atoms with Crippen LogP contribution in [0.3, 0.4) is 0 Å². The number of pyridine rings is 1. The normalized spacial score (nSPS) is 17.3. The quantitative estimate of drug-likeness (QED) is 0.903. The lowest BCUT2D eigenvalue weighted by Gasteiger charge is -2.11. The number of ether oxygens (including phenoxy) is 1. The van der Waals surface area contributed by atoms with Gasteiger partial charge >= 0.3 is 0 Å². The number of nitrogens with zero attached hydrogens (tertiary/aromatic N) is 1. The van der Waals surface area contributed by atoms with Gasteiger partial charge in [0.1, 0.15) is 11.9 Å². The molecule has 2 heterocycles. The third-order valence-electron chi connectivity index (χ3n) is 3.12. The molecule has 0 fully saturated rings. The van der Waals surface area contributed by atoms with Crippen molar-refractivity contribution in [3.63, 3.8) is 0 Å². The van der Waals surface area contributed by atoms with Crippen molar-refractivity contribution < 1.29 is 4.74 Å². The van der Waals surface area contributed by atoms with Gasteiger partial charge in [-0.15, -0.1) is 0 Å². The lowest BCUT2D eigenvalue weighted by molar-refractivity contribution is 0.242. The van der Waals surface area contributed by atoms with E-state index in [4.69, 9.17) is 22.1 Å². The molecule has 0 aliphatic carbocycles. The van der Waals surface area contributed by atoms with E-state index in [1.807, 2.05) is 24.3 Å². The van der Waals surface area contributed by atoms with Crippen molar-refractivity contribution in [2.75, 3.05) is 6.54 Å². The van der Waals surface area contributed by atoms with Crippen LogP contribution in [-0.4, -0.2) is 17.6 Å². The minimum absolute atomic E-state index is 0.0547. The first-order chi connectivity index (χ1) is 8.78. The van der Waals surface area contributed by atoms with Gasteiger partial charge in [-0.1, -0.05) is 11.6 Å². The second-order valence-electron chi connectivity index (χ2n) is 4.36. The minimum atomic E-state index is 0.0547. The summed E-state index contributed by atoms with van der Waals surface area (Å²) in [6.45, 7) is 0.516. The van der Waals surface area contributed by atoms with Gasteiger partial charge in [0, 0.05) is 35.9 Å². The van der Waals surface area contributed by atoms with Crippen LogP contribution in [0.4, 0.5) is 0 Å². The summed E-state index contributed by atoms with van der Waals surface area (Å²) in [6.07, 6.45) is 4.40. The molecule has 1 aromatic carbocycles. The Hall–Kier alpha value is -1.58. The van der Waals surface area contributed by atoms with Gasteiger partial charge in [-0.25, -0.2) is 0 Å². The van der Waals surface area contributed by atoms with Gasteiger partial charge in [0.05, 0.1) is 0 Å². The second kappa shape index (κ2) is 4.59. The summed E-state index contributed by atoms with van der Waals surface area (Å²) in [5.74, 6) is 0.904. The third kappa shape index (κ3) is 1.96. The molecule has 0 amide bonds. The summed E-state index contributed by atoms with van der Waals surface area (Å²) in [5.41, 5.74) is 8.87. The zero-order valence-electron chi connectivity index (χ0n) is 9.77. The fraction of sp³-hybridized carbons (Fsp3) is 0.214. The highest BCUT2D eigenvalue weighted by atomic mass is 35.5. The molecule has 4 heteroatoms. The molecule has 0 spiro atoms. The largest absolute Gasteiger partial charge is 0.488 e. The maximum absolute atomic E-state index is 6.17. The van der Waals surface area contributed by atoms with Crippen LogP contribution in [0.1, 0.15) is 5.56 Å². The molecule has 0 radical (unpaired) electrons. The molecule has 92 valence electrons. The summed E-state index contributed by atoms with van der Waals surface area (Å²) < 4.78 is 5.89. The van der Waals surface area contributed by atoms with Crippen LogP contribution in [0.2, 0.25) is 5.02 Å². The van der Waals surface area contributed by atoms with E-state index >= 15 is 0 Å². The molecule has 1 aromatic heterocycles. The van der Waals surface area contributed by atoms with Gasteiger partial charge in [0.15, 0.2) is 0 Å². The van der Waals surface area contributed by atoms with E-state index in [2.05, 4.69) is 4.98 Å². The summed E-state index contributed by atoms with van der Waals surface area (Å²) in [5, 5.41) is 0.724. The van der Waals surface area contributed by atoms with E-state index in [0.717, 1.165) is 33.9 Å². The Kier molecular flexibility index (Phi) is 2.94. The molecule has 2 N–H and O–H groups in total. The van der Waals surface area contributed by atoms with Crippen molar-refractivity contribution in [1.82, 2.24) is 4.98 Å². The SMILES string of the molecule is NC[C@@H]1Cc2cc(Cl)cc(-c3ccncc3)c2O1. The highest BCUT2D eigenvalue weighted by Crippen LogP contribution is 2.40. The maximum Gasteiger partial charge on any atom is 0.131 e. The first-order valence-electron chi connectivity index (χ1n) is 5.87. The number of fused-ring (bicyclic) bond motifs is 1. The fourth-order valence-electron chi connectivity index (χ4n) is 2.27. The van der Waals surface area contributed by atoms with Crippen LogP contribution in [0.5, 0.6) is 5.75 Å². The number of benzene rings is 1. The number of halogens is 1. The van der Waals surface area contributed by atoms with Crippen LogP contribution >= 0.6 is 11.6 Å². The number of hydrogen-bond donors (Lipinski definition) is 1. The molecule has 0 bridgehead atoms. The van der Waals surface area contributed by atoms with Crippen molar-refractivity contribution in [3.05, 3.63) is 47.2 Å². The minimum Gasteiger partial charge on any atom is -0.488 e. The van der Waals surface area contributed by atoms with Crippen molar-refractivity contribution in [2.45, 2.75) is 12.5 Å². The maximum atomic E-state index is 6.17. The Morgan fingerprint density at radius 3 is 2.83 bits per heavy atom. The summed E-state index contributed by atoms with van der Waals surface area (Å²) in [7, 11) is 0. The molecule has 0 saturated carbocycles. The Labute approximate surface area is 111 Å². The summed E-state index contributed by atoms with van der Waals surface area (Å²) >= 11 is 6.17. The molecular formula is C14H13ClN2O. The van der Waals surface area contributed by atoms with Crippen LogP contribution in [-0.2, 0) is 6.42 Å². The van der Waals surface area contributed by atoms with Crippen LogP contribution in [0.15, 0.2) is 36.7 Å². The van der Waals surface area contributed by atoms with Crippen molar-refractivity contribution in [3.8, 4) is 16.9 Å². The number of nitrogens with two attached hydrogens (primary N) is 1. The standard InChI is InChI=1S/C14H13ClN2O/c15-11-5-10-6-12(8-16)18-14(10)13(7-11)9-1-3-17-4-2-9/h1-5,7,12H,6,8,16H2/t12-/m0/s1. The van der Waals surface area contributed by atoms with E-state index in [0.29, 0.717) is 6.54 Å². The molecule has 3 rings (SSSR count). The molecule has 2 aromatic rings. The van der Waals surface area contributed by atoms with Crippen molar-refractivity contribution >= 4 is 11.6 Å². The van der Waals surface area contributed by atoms with Crippen LogP contribution in [0, 0.1) is 0 Å². The molecule has 0 unspecified atom stereocenters. The van der Waals surface area contributed by atoms with Crippen LogP contribution < -0.4 is 10.5 Å². The monoisotopic (exact) mass is 260 g/mol. The third-order valence-corrected chi connectivity index (χ3v) is 3.34. The number of rotatable bonds is 2. The molecule has 3 nitrogen and oxygen atoms in total. The first kappa shape index (κ1) is 11.5. The second-order valence-corrected chi connectivity index (χ2v) is 4.79. The van der Waals surface area contributed by atoms with E-state index < -0.39 is 0 Å². The lowest BCUT2D eigenvalue weighted by atomic mass is 10.0. The predicted molar refractivity (Wildman–Crippen MR) is 71.9 cm³/mol. The van der Waals surface area contributed by atoms with E-state index in [1.165, 1.54) is 0 Å². The van der Waals surface area contributed by atoms with E-state index in [-0.39, 0.29) is 6.10 Å².